The summed E-state index contributed by atoms with van der Waals surface area (Å²) in [6.07, 6.45) is 8.96. The molecule has 8 nitrogen and oxygen atoms in total. The van der Waals surface area contributed by atoms with Crippen LogP contribution in [0.4, 0.5) is 0 Å². The molecule has 0 bridgehead atoms. The Morgan fingerprint density at radius 1 is 1.23 bits per heavy atom. The van der Waals surface area contributed by atoms with Crippen molar-refractivity contribution in [1.82, 2.24) is 25.0 Å². The van der Waals surface area contributed by atoms with Crippen LogP contribution in [0.1, 0.15) is 69.7 Å². The van der Waals surface area contributed by atoms with E-state index in [9.17, 15) is 14.4 Å². The van der Waals surface area contributed by atoms with Crippen molar-refractivity contribution in [2.24, 2.45) is 5.41 Å². The lowest BCUT2D eigenvalue weighted by Crippen LogP contribution is -2.50. The fourth-order valence-electron chi connectivity index (χ4n) is 5.13. The average Bonchev–Trinajstić information content (AvgIpc) is 3.33. The van der Waals surface area contributed by atoms with Crippen molar-refractivity contribution in [2.45, 2.75) is 77.9 Å². The number of hydrogen-bond acceptors (Lipinski definition) is 5. The molecule has 166 valence electrons. The number of nitrogens with one attached hydrogen (secondary N) is 1. The van der Waals surface area contributed by atoms with Gasteiger partial charge in [-0.2, -0.15) is 5.10 Å². The number of nitrogens with zero attached hydrogens (tertiary/aromatic N) is 4. The lowest BCUT2D eigenvalue weighted by Gasteiger charge is -2.36. The van der Waals surface area contributed by atoms with E-state index in [0.29, 0.717) is 29.6 Å². The first kappa shape index (κ1) is 21.5. The second-order valence-corrected chi connectivity index (χ2v) is 9.71. The highest BCUT2D eigenvalue weighted by Crippen LogP contribution is 2.35. The molecule has 2 unspecified atom stereocenters. The fraction of sp³-hybridized carbons (Fsp3) is 0.609. The largest absolute Gasteiger partial charge is 0.352 e. The van der Waals surface area contributed by atoms with Crippen molar-refractivity contribution >= 4 is 28.6 Å². The van der Waals surface area contributed by atoms with Crippen molar-refractivity contribution in [1.29, 1.82) is 0 Å². The molecule has 2 fully saturated rings. The Hall–Kier alpha value is -2.77. The van der Waals surface area contributed by atoms with Crippen LogP contribution in [-0.2, 0) is 16.1 Å². The number of hydrogen-bond donors (Lipinski definition) is 1. The standard InChI is InChI=1S/C23H31N5O3/c1-15(29)18-13-27(21-17(18)8-10-24-26-21)14-20(30)28-11-5-7-19(28)22(31)25-16-6-4-9-23(2,3)12-16/h8,10,13,16,19H,4-7,9,11-12,14H2,1-3H3,(H,25,31). The summed E-state index contributed by atoms with van der Waals surface area (Å²) < 4.78 is 1.67. The predicted octanol–water partition coefficient (Wildman–Crippen LogP) is 2.71. The van der Waals surface area contributed by atoms with Crippen LogP contribution in [0.2, 0.25) is 0 Å². The molecule has 2 amide bonds. The summed E-state index contributed by atoms with van der Waals surface area (Å²) in [4.78, 5) is 39.8. The first-order chi connectivity index (χ1) is 14.7. The van der Waals surface area contributed by atoms with Gasteiger partial charge in [0.15, 0.2) is 11.4 Å². The second-order valence-electron chi connectivity index (χ2n) is 9.71. The van der Waals surface area contributed by atoms with Crippen LogP contribution in [0, 0.1) is 5.41 Å². The maximum Gasteiger partial charge on any atom is 0.243 e. The number of likely N-dealkylation sites (tertiary alicyclic amines) is 1. The lowest BCUT2D eigenvalue weighted by molar-refractivity contribution is -0.139. The fourth-order valence-corrected chi connectivity index (χ4v) is 5.13. The van der Waals surface area contributed by atoms with E-state index >= 15 is 0 Å². The summed E-state index contributed by atoms with van der Waals surface area (Å²) >= 11 is 0. The summed E-state index contributed by atoms with van der Waals surface area (Å²) in [5.74, 6) is -0.271. The first-order valence-electron chi connectivity index (χ1n) is 11.2. The number of Topliss-reactive ketones (excluding diaryl/α,β-unsaturated/α-hetero) is 1. The van der Waals surface area contributed by atoms with Crippen LogP contribution in [0.3, 0.4) is 0 Å². The zero-order valence-corrected chi connectivity index (χ0v) is 18.6. The number of rotatable bonds is 5. The van der Waals surface area contributed by atoms with Crippen molar-refractivity contribution in [3.8, 4) is 0 Å². The molecule has 1 N–H and O–H groups in total. The predicted molar refractivity (Wildman–Crippen MR) is 116 cm³/mol. The minimum absolute atomic E-state index is 0.0305. The molecule has 0 aromatic carbocycles. The monoisotopic (exact) mass is 425 g/mol. The van der Waals surface area contributed by atoms with Gasteiger partial charge in [0.05, 0.1) is 6.20 Å². The van der Waals surface area contributed by atoms with Crippen molar-refractivity contribution in [2.75, 3.05) is 6.54 Å². The van der Waals surface area contributed by atoms with Gasteiger partial charge in [0.1, 0.15) is 12.6 Å². The van der Waals surface area contributed by atoms with Gasteiger partial charge in [0.25, 0.3) is 0 Å². The van der Waals surface area contributed by atoms with E-state index in [1.54, 1.807) is 21.7 Å². The molecular formula is C23H31N5O3. The van der Waals surface area contributed by atoms with E-state index in [1.807, 2.05) is 0 Å². The number of ketones is 1. The normalized spacial score (nSPS) is 23.1. The van der Waals surface area contributed by atoms with Gasteiger partial charge in [0, 0.05) is 29.7 Å². The molecule has 8 heteroatoms. The van der Waals surface area contributed by atoms with Gasteiger partial charge in [-0.15, -0.1) is 5.10 Å². The Morgan fingerprint density at radius 3 is 2.77 bits per heavy atom. The van der Waals surface area contributed by atoms with E-state index in [4.69, 9.17) is 0 Å². The molecule has 2 aromatic rings. The SMILES string of the molecule is CC(=O)c1cn(CC(=O)N2CCCC2C(=O)NC2CCCC(C)(C)C2)c2nnccc12. The topological polar surface area (TPSA) is 97.2 Å². The van der Waals surface area contributed by atoms with Gasteiger partial charge < -0.3 is 14.8 Å². The second kappa shape index (κ2) is 8.40. The molecule has 3 heterocycles. The highest BCUT2D eigenvalue weighted by molar-refractivity contribution is 6.06. The zero-order chi connectivity index (χ0) is 22.2. The third-order valence-corrected chi connectivity index (χ3v) is 6.66. The van der Waals surface area contributed by atoms with Gasteiger partial charge in [-0.3, -0.25) is 14.4 Å². The van der Waals surface area contributed by atoms with Crippen LogP contribution in [-0.4, -0.2) is 55.9 Å². The zero-order valence-electron chi connectivity index (χ0n) is 18.6. The number of amides is 2. The van der Waals surface area contributed by atoms with E-state index in [2.05, 4.69) is 29.4 Å². The molecule has 2 aromatic heterocycles. The van der Waals surface area contributed by atoms with Crippen LogP contribution >= 0.6 is 0 Å². The molecule has 2 aliphatic rings. The Labute approximate surface area is 182 Å². The summed E-state index contributed by atoms with van der Waals surface area (Å²) in [7, 11) is 0. The van der Waals surface area contributed by atoms with Crippen LogP contribution < -0.4 is 5.32 Å². The minimum atomic E-state index is -0.433. The molecule has 0 spiro atoms. The summed E-state index contributed by atoms with van der Waals surface area (Å²) in [6.45, 7) is 6.58. The minimum Gasteiger partial charge on any atom is -0.352 e. The van der Waals surface area contributed by atoms with Gasteiger partial charge in [-0.1, -0.05) is 20.3 Å². The van der Waals surface area contributed by atoms with Gasteiger partial charge in [-0.05, 0) is 50.5 Å². The van der Waals surface area contributed by atoms with Crippen molar-refractivity contribution in [3.05, 3.63) is 24.0 Å². The number of aromatic nitrogens is 3. The van der Waals surface area contributed by atoms with Crippen LogP contribution in [0.25, 0.3) is 11.0 Å². The van der Waals surface area contributed by atoms with Gasteiger partial charge in [-0.25, -0.2) is 0 Å². The molecule has 1 saturated heterocycles. The molecule has 2 atom stereocenters. The molecule has 1 aliphatic heterocycles. The highest BCUT2D eigenvalue weighted by Gasteiger charge is 2.36. The quantitative estimate of drug-likeness (QED) is 0.743. The maximum absolute atomic E-state index is 13.1. The summed E-state index contributed by atoms with van der Waals surface area (Å²) in [5, 5.41) is 11.9. The smallest absolute Gasteiger partial charge is 0.243 e. The van der Waals surface area contributed by atoms with Gasteiger partial charge in [0.2, 0.25) is 11.8 Å². The molecule has 31 heavy (non-hydrogen) atoms. The average molecular weight is 426 g/mol. The number of carbonyl (C=O) groups is 3. The maximum atomic E-state index is 13.1. The molecule has 0 radical (unpaired) electrons. The molecule has 1 saturated carbocycles. The third kappa shape index (κ3) is 4.48. The van der Waals surface area contributed by atoms with Gasteiger partial charge >= 0.3 is 0 Å². The Balaban J connectivity index is 1.47. The third-order valence-electron chi connectivity index (χ3n) is 6.66. The Morgan fingerprint density at radius 2 is 2.03 bits per heavy atom. The summed E-state index contributed by atoms with van der Waals surface area (Å²) in [6, 6.07) is 1.48. The Kier molecular flexibility index (Phi) is 5.81. The van der Waals surface area contributed by atoms with E-state index in [-0.39, 0.29) is 35.6 Å². The van der Waals surface area contributed by atoms with Crippen LogP contribution in [0.15, 0.2) is 18.5 Å². The van der Waals surface area contributed by atoms with E-state index in [1.165, 1.54) is 19.5 Å². The van der Waals surface area contributed by atoms with E-state index < -0.39 is 6.04 Å². The first-order valence-corrected chi connectivity index (χ1v) is 11.2. The molecular weight excluding hydrogens is 394 g/mol. The lowest BCUT2D eigenvalue weighted by atomic mass is 9.75. The number of carbonyl (C=O) groups excluding carboxylic acids is 3. The number of fused-ring (bicyclic) bond motifs is 1. The molecule has 1 aliphatic carbocycles. The van der Waals surface area contributed by atoms with E-state index in [0.717, 1.165) is 25.7 Å². The van der Waals surface area contributed by atoms with Crippen LogP contribution in [0.5, 0.6) is 0 Å². The van der Waals surface area contributed by atoms with Crippen molar-refractivity contribution < 1.29 is 14.4 Å². The molecule has 4 rings (SSSR count). The Bertz CT molecular complexity index is 1010. The highest BCUT2D eigenvalue weighted by atomic mass is 16.2. The summed E-state index contributed by atoms with van der Waals surface area (Å²) in [5.41, 5.74) is 1.27. The van der Waals surface area contributed by atoms with Crippen molar-refractivity contribution in [3.63, 3.8) is 0 Å².